The van der Waals surface area contributed by atoms with Crippen LogP contribution in [0.1, 0.15) is 50.4 Å². The minimum Gasteiger partial charge on any atom is -0.339 e. The zero-order chi connectivity index (χ0) is 15.0. The van der Waals surface area contributed by atoms with Gasteiger partial charge in [-0.25, -0.2) is 0 Å². The minimum absolute atomic E-state index is 0.0284. The number of rotatable bonds is 7. The van der Waals surface area contributed by atoms with Gasteiger partial charge in [0.05, 0.1) is 5.56 Å². The normalized spacial score (nSPS) is 10.3. The molecule has 0 bridgehead atoms. The molecule has 110 valence electrons. The first-order valence-electron chi connectivity index (χ1n) is 7.22. The minimum atomic E-state index is 0.0284. The molecular weight excluding hydrogens is 270 g/mol. The molecule has 0 heterocycles. The molecule has 0 radical (unpaired) electrons. The Labute approximate surface area is 125 Å². The third-order valence-electron chi connectivity index (χ3n) is 2.90. The van der Waals surface area contributed by atoms with E-state index in [-0.39, 0.29) is 11.0 Å². The highest BCUT2D eigenvalue weighted by Crippen LogP contribution is 2.25. The number of hydrogen-bond donors (Lipinski definition) is 0. The highest BCUT2D eigenvalue weighted by Gasteiger charge is 2.18. The van der Waals surface area contributed by atoms with Crippen LogP contribution in [0.15, 0.2) is 29.2 Å². The summed E-state index contributed by atoms with van der Waals surface area (Å²) in [6, 6.07) is 7.38. The largest absolute Gasteiger partial charge is 0.339 e. The lowest BCUT2D eigenvalue weighted by molar-refractivity contribution is -0.110. The number of carbonyl (C=O) groups excluding carboxylic acids is 2. The van der Waals surface area contributed by atoms with Crippen LogP contribution in [0.4, 0.5) is 0 Å². The molecule has 0 saturated heterocycles. The second-order valence-electron chi connectivity index (χ2n) is 4.62. The predicted octanol–water partition coefficient (Wildman–Crippen LogP) is 3.98. The van der Waals surface area contributed by atoms with Gasteiger partial charge in [-0.3, -0.25) is 9.59 Å². The molecule has 1 aromatic carbocycles. The van der Waals surface area contributed by atoms with Gasteiger partial charge in [0.15, 0.2) is 5.12 Å². The van der Waals surface area contributed by atoms with Gasteiger partial charge in [0.2, 0.25) is 0 Å². The zero-order valence-electron chi connectivity index (χ0n) is 12.5. The first-order chi connectivity index (χ1) is 9.63. The average Bonchev–Trinajstić information content (AvgIpc) is 2.46. The van der Waals surface area contributed by atoms with Crippen molar-refractivity contribution in [3.63, 3.8) is 0 Å². The Morgan fingerprint density at radius 1 is 1.05 bits per heavy atom. The Morgan fingerprint density at radius 3 is 2.20 bits per heavy atom. The van der Waals surface area contributed by atoms with E-state index in [9.17, 15) is 9.59 Å². The lowest BCUT2D eigenvalue weighted by Crippen LogP contribution is -2.32. The van der Waals surface area contributed by atoms with Crippen LogP contribution in [-0.4, -0.2) is 29.0 Å². The van der Waals surface area contributed by atoms with Crippen LogP contribution >= 0.6 is 11.8 Å². The summed E-state index contributed by atoms with van der Waals surface area (Å²) in [4.78, 5) is 26.9. The van der Waals surface area contributed by atoms with Gasteiger partial charge >= 0.3 is 0 Å². The first kappa shape index (κ1) is 16.8. The standard InChI is InChI=1S/C16H23NO2S/c1-4-11-17(12-5-2)16(19)13-9-7-8-10-14(13)20-15(18)6-3/h7-10H,4-6,11-12H2,1-3H3. The fourth-order valence-electron chi connectivity index (χ4n) is 1.95. The molecule has 1 rings (SSSR count). The number of nitrogens with zero attached hydrogens (tertiary/aromatic N) is 1. The van der Waals surface area contributed by atoms with Crippen molar-refractivity contribution < 1.29 is 9.59 Å². The van der Waals surface area contributed by atoms with E-state index in [2.05, 4.69) is 13.8 Å². The summed E-state index contributed by atoms with van der Waals surface area (Å²) in [5, 5.41) is 0.0859. The lowest BCUT2D eigenvalue weighted by Gasteiger charge is -2.22. The summed E-state index contributed by atoms with van der Waals surface area (Å²) in [5.74, 6) is 0.0284. The molecule has 1 amide bonds. The van der Waals surface area contributed by atoms with Crippen molar-refractivity contribution in [1.29, 1.82) is 0 Å². The summed E-state index contributed by atoms with van der Waals surface area (Å²) in [5.41, 5.74) is 0.640. The quantitative estimate of drug-likeness (QED) is 0.714. The lowest BCUT2D eigenvalue weighted by atomic mass is 10.2. The molecule has 0 N–H and O–H groups in total. The zero-order valence-corrected chi connectivity index (χ0v) is 13.3. The van der Waals surface area contributed by atoms with Crippen LogP contribution in [0, 0.1) is 0 Å². The molecule has 3 nitrogen and oxygen atoms in total. The summed E-state index contributed by atoms with van der Waals surface area (Å²) >= 11 is 1.17. The first-order valence-corrected chi connectivity index (χ1v) is 8.04. The van der Waals surface area contributed by atoms with Gasteiger partial charge in [-0.2, -0.15) is 0 Å². The van der Waals surface area contributed by atoms with Crippen molar-refractivity contribution in [2.45, 2.75) is 44.9 Å². The molecule has 0 atom stereocenters. The van der Waals surface area contributed by atoms with Gasteiger partial charge in [-0.05, 0) is 25.0 Å². The number of hydrogen-bond acceptors (Lipinski definition) is 3. The van der Waals surface area contributed by atoms with Gasteiger partial charge in [0, 0.05) is 24.4 Å². The maximum Gasteiger partial charge on any atom is 0.255 e. The van der Waals surface area contributed by atoms with Gasteiger partial charge in [0.1, 0.15) is 0 Å². The van der Waals surface area contributed by atoms with Crippen molar-refractivity contribution >= 4 is 22.8 Å². The molecule has 0 unspecified atom stereocenters. The van der Waals surface area contributed by atoms with Crippen LogP contribution in [0.3, 0.4) is 0 Å². The molecule has 0 aliphatic carbocycles. The summed E-state index contributed by atoms with van der Waals surface area (Å²) in [7, 11) is 0. The van der Waals surface area contributed by atoms with Gasteiger partial charge < -0.3 is 4.90 Å². The Morgan fingerprint density at radius 2 is 1.65 bits per heavy atom. The monoisotopic (exact) mass is 293 g/mol. The molecule has 20 heavy (non-hydrogen) atoms. The van der Waals surface area contributed by atoms with Crippen molar-refractivity contribution in [2.24, 2.45) is 0 Å². The maximum absolute atomic E-state index is 12.6. The maximum atomic E-state index is 12.6. The van der Waals surface area contributed by atoms with E-state index < -0.39 is 0 Å². The fourth-order valence-corrected chi connectivity index (χ4v) is 2.75. The molecule has 0 aliphatic rings. The van der Waals surface area contributed by atoms with Gasteiger partial charge in [-0.15, -0.1) is 0 Å². The molecule has 0 aromatic heterocycles. The van der Waals surface area contributed by atoms with E-state index >= 15 is 0 Å². The fraction of sp³-hybridized carbons (Fsp3) is 0.500. The third kappa shape index (κ3) is 4.67. The van der Waals surface area contributed by atoms with E-state index in [1.807, 2.05) is 36.1 Å². The number of carbonyl (C=O) groups is 2. The van der Waals surface area contributed by atoms with Crippen molar-refractivity contribution in [3.8, 4) is 0 Å². The highest BCUT2D eigenvalue weighted by atomic mass is 32.2. The Balaban J connectivity index is 2.98. The molecule has 0 spiro atoms. The predicted molar refractivity (Wildman–Crippen MR) is 84.1 cm³/mol. The van der Waals surface area contributed by atoms with Crippen LogP contribution < -0.4 is 0 Å². The van der Waals surface area contributed by atoms with Crippen molar-refractivity contribution in [3.05, 3.63) is 29.8 Å². The third-order valence-corrected chi connectivity index (χ3v) is 4.00. The van der Waals surface area contributed by atoms with Crippen LogP contribution in [0.5, 0.6) is 0 Å². The van der Waals surface area contributed by atoms with E-state index in [0.29, 0.717) is 12.0 Å². The molecule has 0 saturated carbocycles. The smallest absolute Gasteiger partial charge is 0.255 e. The van der Waals surface area contributed by atoms with E-state index in [1.165, 1.54) is 11.8 Å². The Hall–Kier alpha value is -1.29. The van der Waals surface area contributed by atoms with Crippen molar-refractivity contribution in [1.82, 2.24) is 4.90 Å². The Bertz CT molecular complexity index is 454. The number of thioether (sulfide) groups is 1. The van der Waals surface area contributed by atoms with Crippen LogP contribution in [0.25, 0.3) is 0 Å². The Kier molecular flexibility index (Phi) is 7.37. The van der Waals surface area contributed by atoms with Crippen molar-refractivity contribution in [2.75, 3.05) is 13.1 Å². The molecular formula is C16H23NO2S. The van der Waals surface area contributed by atoms with Crippen LogP contribution in [-0.2, 0) is 4.79 Å². The van der Waals surface area contributed by atoms with Gasteiger partial charge in [-0.1, -0.05) is 44.7 Å². The van der Waals surface area contributed by atoms with Gasteiger partial charge in [0.25, 0.3) is 5.91 Å². The second kappa shape index (κ2) is 8.80. The molecule has 0 fully saturated rings. The van der Waals surface area contributed by atoms with E-state index in [1.54, 1.807) is 0 Å². The van der Waals surface area contributed by atoms with E-state index in [0.717, 1.165) is 30.8 Å². The number of benzene rings is 1. The molecule has 4 heteroatoms. The summed E-state index contributed by atoms with van der Waals surface area (Å²) in [6.07, 6.45) is 2.35. The average molecular weight is 293 g/mol. The summed E-state index contributed by atoms with van der Waals surface area (Å²) < 4.78 is 0. The number of amides is 1. The topological polar surface area (TPSA) is 37.4 Å². The SMILES string of the molecule is CCCN(CCC)C(=O)c1ccccc1SC(=O)CC. The second-order valence-corrected chi connectivity index (χ2v) is 5.72. The molecule has 0 aliphatic heterocycles. The van der Waals surface area contributed by atoms with Crippen LogP contribution in [0.2, 0.25) is 0 Å². The molecule has 1 aromatic rings. The summed E-state index contributed by atoms with van der Waals surface area (Å²) in [6.45, 7) is 7.48. The highest BCUT2D eigenvalue weighted by molar-refractivity contribution is 8.13. The van der Waals surface area contributed by atoms with E-state index in [4.69, 9.17) is 0 Å².